The zero-order valence-electron chi connectivity index (χ0n) is 17.1. The topological polar surface area (TPSA) is 78.3 Å². The van der Waals surface area contributed by atoms with E-state index in [1.165, 1.54) is 44.9 Å². The number of anilines is 2. The Morgan fingerprint density at radius 1 is 0.786 bits per heavy atom. The predicted octanol–water partition coefficient (Wildman–Crippen LogP) is 6.34. The molecule has 0 radical (unpaired) electrons. The predicted molar refractivity (Wildman–Crippen MR) is 118 cm³/mol. The Morgan fingerprint density at radius 3 is 2.00 bits per heavy atom. The molecule has 0 aliphatic heterocycles. The van der Waals surface area contributed by atoms with Crippen LogP contribution in [-0.4, -0.2) is 5.97 Å². The molecule has 4 nitrogen and oxygen atoms in total. The van der Waals surface area contributed by atoms with Crippen molar-refractivity contribution in [3.05, 3.63) is 42.5 Å². The van der Waals surface area contributed by atoms with Gasteiger partial charge in [0, 0.05) is 17.7 Å². The third-order valence-electron chi connectivity index (χ3n) is 4.98. The highest BCUT2D eigenvalue weighted by Crippen LogP contribution is 2.39. The highest BCUT2D eigenvalue weighted by molar-refractivity contribution is 5.89. The van der Waals surface area contributed by atoms with Crippen LogP contribution in [0.3, 0.4) is 0 Å². The van der Waals surface area contributed by atoms with Crippen molar-refractivity contribution in [1.29, 1.82) is 0 Å². The number of benzene rings is 2. The quantitative estimate of drug-likeness (QED) is 0.194. The van der Waals surface area contributed by atoms with Gasteiger partial charge in [-0.05, 0) is 24.1 Å². The molecule has 0 heterocycles. The molecule has 0 bridgehead atoms. The molecule has 0 atom stereocenters. The number of ether oxygens (including phenoxy) is 1. The number of nitrogens with two attached hydrogens (primary N) is 2. The van der Waals surface area contributed by atoms with Crippen molar-refractivity contribution >= 4 is 17.3 Å². The van der Waals surface area contributed by atoms with E-state index in [0.29, 0.717) is 29.1 Å². The lowest BCUT2D eigenvalue weighted by atomic mass is 10.0. The molecule has 0 saturated carbocycles. The van der Waals surface area contributed by atoms with E-state index in [2.05, 4.69) is 6.92 Å². The summed E-state index contributed by atoms with van der Waals surface area (Å²) in [6.45, 7) is 2.24. The number of hydrogen-bond donors (Lipinski definition) is 2. The molecule has 0 aliphatic rings. The van der Waals surface area contributed by atoms with Crippen LogP contribution in [0.1, 0.15) is 71.1 Å². The molecule has 0 fully saturated rings. The molecule has 2 aromatic rings. The Balaban J connectivity index is 1.83. The summed E-state index contributed by atoms with van der Waals surface area (Å²) < 4.78 is 5.64. The average molecular weight is 383 g/mol. The number of nitrogen functional groups attached to an aromatic ring is 2. The number of carbonyl (C=O) groups is 1. The molecular formula is C24H34N2O2. The maximum Gasteiger partial charge on any atom is 0.311 e. The van der Waals surface area contributed by atoms with Crippen LogP contribution < -0.4 is 16.2 Å². The second-order valence-corrected chi connectivity index (χ2v) is 7.37. The standard InChI is InChI=1S/C24H34N2O2/c1-2-3-4-5-6-7-8-9-13-16-22(27)28-24-21(26)18-17-20(25)23(24)19-14-11-10-12-15-19/h10-12,14-15,17-18H,2-9,13,16,25-26H2,1H3. The molecule has 4 N–H and O–H groups in total. The van der Waals surface area contributed by atoms with Crippen molar-refractivity contribution in [3.63, 3.8) is 0 Å². The second-order valence-electron chi connectivity index (χ2n) is 7.37. The van der Waals surface area contributed by atoms with Gasteiger partial charge in [-0.3, -0.25) is 4.79 Å². The van der Waals surface area contributed by atoms with Gasteiger partial charge in [-0.1, -0.05) is 88.6 Å². The number of hydrogen-bond acceptors (Lipinski definition) is 4. The molecule has 4 heteroatoms. The molecule has 0 unspecified atom stereocenters. The van der Waals surface area contributed by atoms with E-state index in [-0.39, 0.29) is 5.97 Å². The Hall–Kier alpha value is -2.49. The fourth-order valence-electron chi connectivity index (χ4n) is 3.37. The maximum atomic E-state index is 12.3. The van der Waals surface area contributed by atoms with Crippen molar-refractivity contribution in [1.82, 2.24) is 0 Å². The molecule has 152 valence electrons. The first-order valence-electron chi connectivity index (χ1n) is 10.6. The lowest BCUT2D eigenvalue weighted by Crippen LogP contribution is -2.11. The molecule has 0 saturated heterocycles. The SMILES string of the molecule is CCCCCCCCCCCC(=O)Oc1c(N)ccc(N)c1-c1ccccc1. The van der Waals surface area contributed by atoms with Crippen LogP contribution in [0, 0.1) is 0 Å². The fourth-order valence-corrected chi connectivity index (χ4v) is 3.37. The van der Waals surface area contributed by atoms with Crippen LogP contribution in [-0.2, 0) is 4.79 Å². The molecule has 2 rings (SSSR count). The van der Waals surface area contributed by atoms with E-state index in [9.17, 15) is 4.79 Å². The van der Waals surface area contributed by atoms with Crippen molar-refractivity contribution in [2.24, 2.45) is 0 Å². The van der Waals surface area contributed by atoms with Gasteiger partial charge in [0.15, 0.2) is 5.75 Å². The third kappa shape index (κ3) is 6.91. The van der Waals surface area contributed by atoms with E-state index < -0.39 is 0 Å². The maximum absolute atomic E-state index is 12.3. The molecule has 0 amide bonds. The first-order valence-corrected chi connectivity index (χ1v) is 10.6. The first-order chi connectivity index (χ1) is 13.6. The zero-order chi connectivity index (χ0) is 20.2. The summed E-state index contributed by atoms with van der Waals surface area (Å²) in [5.41, 5.74) is 14.8. The first kappa shape index (κ1) is 21.8. The highest BCUT2D eigenvalue weighted by atomic mass is 16.5. The van der Waals surface area contributed by atoms with E-state index in [1.807, 2.05) is 30.3 Å². The van der Waals surface area contributed by atoms with Gasteiger partial charge in [0.1, 0.15) is 0 Å². The Morgan fingerprint density at radius 2 is 1.36 bits per heavy atom. The van der Waals surface area contributed by atoms with Crippen LogP contribution in [0.25, 0.3) is 11.1 Å². The summed E-state index contributed by atoms with van der Waals surface area (Å²) in [5.74, 6) is 0.115. The monoisotopic (exact) mass is 382 g/mol. The zero-order valence-corrected chi connectivity index (χ0v) is 17.1. The van der Waals surface area contributed by atoms with Crippen LogP contribution in [0.4, 0.5) is 11.4 Å². The number of rotatable bonds is 12. The van der Waals surface area contributed by atoms with Gasteiger partial charge in [-0.2, -0.15) is 0 Å². The van der Waals surface area contributed by atoms with Gasteiger partial charge in [0.25, 0.3) is 0 Å². The summed E-state index contributed by atoms with van der Waals surface area (Å²) in [6.07, 6.45) is 11.3. The molecule has 0 spiro atoms. The minimum absolute atomic E-state index is 0.252. The lowest BCUT2D eigenvalue weighted by Gasteiger charge is -2.15. The molecule has 2 aromatic carbocycles. The summed E-state index contributed by atoms with van der Waals surface area (Å²) in [4.78, 5) is 12.3. The largest absolute Gasteiger partial charge is 0.424 e. The third-order valence-corrected chi connectivity index (χ3v) is 4.98. The van der Waals surface area contributed by atoms with E-state index in [1.54, 1.807) is 12.1 Å². The summed E-state index contributed by atoms with van der Waals surface area (Å²) in [6, 6.07) is 13.1. The van der Waals surface area contributed by atoms with E-state index in [4.69, 9.17) is 16.2 Å². The van der Waals surface area contributed by atoms with Crippen molar-refractivity contribution in [2.45, 2.75) is 71.1 Å². The van der Waals surface area contributed by atoms with Crippen LogP contribution in [0.5, 0.6) is 5.75 Å². The van der Waals surface area contributed by atoms with Gasteiger partial charge >= 0.3 is 5.97 Å². The Labute approximate surface area is 169 Å². The highest BCUT2D eigenvalue weighted by Gasteiger charge is 2.17. The van der Waals surface area contributed by atoms with Crippen LogP contribution >= 0.6 is 0 Å². The fraction of sp³-hybridized carbons (Fsp3) is 0.458. The van der Waals surface area contributed by atoms with Gasteiger partial charge < -0.3 is 16.2 Å². The summed E-state index contributed by atoms with van der Waals surface area (Å²) in [7, 11) is 0. The minimum Gasteiger partial charge on any atom is -0.424 e. The summed E-state index contributed by atoms with van der Waals surface area (Å²) >= 11 is 0. The summed E-state index contributed by atoms with van der Waals surface area (Å²) in [5, 5.41) is 0. The molecular weight excluding hydrogens is 348 g/mol. The average Bonchev–Trinajstić information content (AvgIpc) is 2.70. The lowest BCUT2D eigenvalue weighted by molar-refractivity contribution is -0.134. The normalized spacial score (nSPS) is 10.8. The van der Waals surface area contributed by atoms with Crippen molar-refractivity contribution < 1.29 is 9.53 Å². The van der Waals surface area contributed by atoms with E-state index >= 15 is 0 Å². The second kappa shape index (κ2) is 12.1. The minimum atomic E-state index is -0.252. The number of unbranched alkanes of at least 4 members (excludes halogenated alkanes) is 8. The van der Waals surface area contributed by atoms with Gasteiger partial charge in [-0.25, -0.2) is 0 Å². The Kier molecular flexibility index (Phi) is 9.40. The number of esters is 1. The molecule has 0 aromatic heterocycles. The van der Waals surface area contributed by atoms with Crippen molar-refractivity contribution in [2.75, 3.05) is 11.5 Å². The van der Waals surface area contributed by atoms with Gasteiger partial charge in [0.05, 0.1) is 5.69 Å². The van der Waals surface area contributed by atoms with Gasteiger partial charge in [-0.15, -0.1) is 0 Å². The smallest absolute Gasteiger partial charge is 0.311 e. The number of carbonyl (C=O) groups excluding carboxylic acids is 1. The molecule has 0 aliphatic carbocycles. The van der Waals surface area contributed by atoms with E-state index in [0.717, 1.165) is 18.4 Å². The van der Waals surface area contributed by atoms with Crippen LogP contribution in [0.2, 0.25) is 0 Å². The molecule has 28 heavy (non-hydrogen) atoms. The van der Waals surface area contributed by atoms with Crippen LogP contribution in [0.15, 0.2) is 42.5 Å². The Bertz CT molecular complexity index is 729. The van der Waals surface area contributed by atoms with Gasteiger partial charge in [0.2, 0.25) is 0 Å². The van der Waals surface area contributed by atoms with Crippen molar-refractivity contribution in [3.8, 4) is 16.9 Å².